The van der Waals surface area contributed by atoms with E-state index in [2.05, 4.69) is 4.98 Å². The van der Waals surface area contributed by atoms with Crippen molar-refractivity contribution in [3.8, 4) is 11.3 Å². The van der Waals surface area contributed by atoms with Crippen LogP contribution in [-0.4, -0.2) is 28.9 Å². The fraction of sp³-hybridized carbons (Fsp3) is 0.444. The van der Waals surface area contributed by atoms with Gasteiger partial charge < -0.3 is 10.6 Å². The smallest absolute Gasteiger partial charge is 0.229 e. The highest BCUT2D eigenvalue weighted by molar-refractivity contribution is 7.10. The highest BCUT2D eigenvalue weighted by atomic mass is 32.1. The molecule has 1 aromatic heterocycles. The summed E-state index contributed by atoms with van der Waals surface area (Å²) in [5.41, 5.74) is 8.41. The van der Waals surface area contributed by atoms with Gasteiger partial charge in [0.25, 0.3) is 0 Å². The number of nitrogens with two attached hydrogens (primary N) is 1. The van der Waals surface area contributed by atoms with Gasteiger partial charge >= 0.3 is 0 Å². The van der Waals surface area contributed by atoms with Gasteiger partial charge in [-0.2, -0.15) is 0 Å². The second-order valence-corrected chi connectivity index (χ2v) is 7.16. The van der Waals surface area contributed by atoms with E-state index in [1.54, 1.807) is 11.3 Å². The van der Waals surface area contributed by atoms with E-state index in [1.807, 2.05) is 41.6 Å². The molecule has 1 saturated carbocycles. The Balaban J connectivity index is 1.64. The zero-order valence-corrected chi connectivity index (χ0v) is 14.3. The lowest BCUT2D eigenvalue weighted by atomic mass is 9.94. The van der Waals surface area contributed by atoms with E-state index in [1.165, 1.54) is 19.3 Å². The number of hydrogen-bond donors (Lipinski definition) is 1. The Morgan fingerprint density at radius 3 is 2.65 bits per heavy atom. The zero-order chi connectivity index (χ0) is 16.2. The molecule has 1 fully saturated rings. The van der Waals surface area contributed by atoms with Crippen LogP contribution < -0.4 is 5.73 Å². The molecule has 4 nitrogen and oxygen atoms in total. The van der Waals surface area contributed by atoms with Gasteiger partial charge in [-0.3, -0.25) is 4.79 Å². The normalized spacial score (nSPS) is 15.5. The maximum absolute atomic E-state index is 12.5. The van der Waals surface area contributed by atoms with Crippen LogP contribution in [-0.2, 0) is 11.2 Å². The number of nitrogen functional groups attached to an aromatic ring is 1. The van der Waals surface area contributed by atoms with Crippen molar-refractivity contribution in [1.82, 2.24) is 9.88 Å². The fourth-order valence-electron chi connectivity index (χ4n) is 3.10. The maximum Gasteiger partial charge on any atom is 0.229 e. The van der Waals surface area contributed by atoms with E-state index in [-0.39, 0.29) is 5.91 Å². The number of likely N-dealkylation sites (N-methyl/N-ethyl adjacent to an activating group) is 1. The Kier molecular flexibility index (Phi) is 4.96. The summed E-state index contributed by atoms with van der Waals surface area (Å²) in [7, 11) is 1.94. The summed E-state index contributed by atoms with van der Waals surface area (Å²) in [5, 5.41) is 2.89. The first kappa shape index (κ1) is 16.0. The van der Waals surface area contributed by atoms with Crippen LogP contribution in [0.1, 0.15) is 37.1 Å². The van der Waals surface area contributed by atoms with Gasteiger partial charge in [-0.1, -0.05) is 31.4 Å². The van der Waals surface area contributed by atoms with E-state index in [4.69, 9.17) is 5.73 Å². The number of nitrogens with zero attached hydrogens (tertiary/aromatic N) is 2. The lowest BCUT2D eigenvalue weighted by Crippen LogP contribution is -2.39. The van der Waals surface area contributed by atoms with Gasteiger partial charge in [0.2, 0.25) is 5.91 Å². The van der Waals surface area contributed by atoms with Crippen LogP contribution in [0, 0.1) is 0 Å². The molecule has 0 spiro atoms. The van der Waals surface area contributed by atoms with E-state index in [0.717, 1.165) is 34.8 Å². The number of carbonyl (C=O) groups excluding carboxylic acids is 1. The van der Waals surface area contributed by atoms with Crippen molar-refractivity contribution < 1.29 is 4.79 Å². The molecule has 1 amide bonds. The quantitative estimate of drug-likeness (QED) is 0.870. The van der Waals surface area contributed by atoms with Gasteiger partial charge in [-0.25, -0.2) is 4.98 Å². The second-order valence-electron chi connectivity index (χ2n) is 6.22. The molecule has 122 valence electrons. The topological polar surface area (TPSA) is 59.2 Å². The van der Waals surface area contributed by atoms with E-state index >= 15 is 0 Å². The number of amides is 1. The standard InChI is InChI=1S/C18H23N3OS/c1-21(15-5-3-2-4-6-15)18(22)11-17-20-16(12-23-17)13-7-9-14(19)10-8-13/h7-10,12,15H,2-6,11,19H2,1H3. The van der Waals surface area contributed by atoms with Crippen molar-refractivity contribution in [3.63, 3.8) is 0 Å². The number of hydrogen-bond acceptors (Lipinski definition) is 4. The molecule has 2 aromatic rings. The first-order valence-electron chi connectivity index (χ1n) is 8.19. The molecule has 0 radical (unpaired) electrons. The summed E-state index contributed by atoms with van der Waals surface area (Å²) in [6, 6.07) is 8.08. The molecule has 5 heteroatoms. The SMILES string of the molecule is CN(C(=O)Cc1nc(-c2ccc(N)cc2)cs1)C1CCCCC1. The summed E-state index contributed by atoms with van der Waals surface area (Å²) in [6.45, 7) is 0. The summed E-state index contributed by atoms with van der Waals surface area (Å²) in [6.07, 6.45) is 6.44. The van der Waals surface area contributed by atoms with E-state index in [9.17, 15) is 4.79 Å². The number of thiazole rings is 1. The van der Waals surface area contributed by atoms with Crippen LogP contribution in [0.2, 0.25) is 0 Å². The summed E-state index contributed by atoms with van der Waals surface area (Å²) >= 11 is 1.55. The number of benzene rings is 1. The van der Waals surface area contributed by atoms with Gasteiger partial charge in [-0.15, -0.1) is 11.3 Å². The third kappa shape index (κ3) is 3.91. The van der Waals surface area contributed by atoms with Crippen LogP contribution in [0.15, 0.2) is 29.6 Å². The highest BCUT2D eigenvalue weighted by Crippen LogP contribution is 2.25. The lowest BCUT2D eigenvalue weighted by molar-refractivity contribution is -0.131. The van der Waals surface area contributed by atoms with Crippen molar-refractivity contribution in [3.05, 3.63) is 34.7 Å². The van der Waals surface area contributed by atoms with Crippen LogP contribution in [0.4, 0.5) is 5.69 Å². The Hall–Kier alpha value is -1.88. The monoisotopic (exact) mass is 329 g/mol. The minimum Gasteiger partial charge on any atom is -0.399 e. The molecule has 0 saturated heterocycles. The van der Waals surface area contributed by atoms with Crippen LogP contribution in [0.5, 0.6) is 0 Å². The van der Waals surface area contributed by atoms with Crippen molar-refractivity contribution in [2.45, 2.75) is 44.6 Å². The molecule has 1 heterocycles. The predicted octanol–water partition coefficient (Wildman–Crippen LogP) is 3.73. The largest absolute Gasteiger partial charge is 0.399 e. The van der Waals surface area contributed by atoms with E-state index in [0.29, 0.717) is 12.5 Å². The summed E-state index contributed by atoms with van der Waals surface area (Å²) < 4.78 is 0. The molecular formula is C18H23N3OS. The zero-order valence-electron chi connectivity index (χ0n) is 13.5. The first-order valence-corrected chi connectivity index (χ1v) is 9.07. The Morgan fingerprint density at radius 2 is 1.96 bits per heavy atom. The molecular weight excluding hydrogens is 306 g/mol. The minimum atomic E-state index is 0.176. The van der Waals surface area contributed by atoms with Crippen molar-refractivity contribution in [2.24, 2.45) is 0 Å². The van der Waals surface area contributed by atoms with Crippen LogP contribution >= 0.6 is 11.3 Å². The number of carbonyl (C=O) groups is 1. The molecule has 0 aliphatic heterocycles. The number of anilines is 1. The van der Waals surface area contributed by atoms with Crippen LogP contribution in [0.3, 0.4) is 0 Å². The van der Waals surface area contributed by atoms with Gasteiger partial charge in [0.05, 0.1) is 12.1 Å². The molecule has 0 unspecified atom stereocenters. The van der Waals surface area contributed by atoms with Gasteiger partial charge in [0.15, 0.2) is 0 Å². The molecule has 23 heavy (non-hydrogen) atoms. The van der Waals surface area contributed by atoms with Crippen molar-refractivity contribution in [2.75, 3.05) is 12.8 Å². The van der Waals surface area contributed by atoms with Crippen molar-refractivity contribution >= 4 is 22.9 Å². The van der Waals surface area contributed by atoms with Gasteiger partial charge in [0, 0.05) is 29.7 Å². The van der Waals surface area contributed by atoms with Crippen molar-refractivity contribution in [1.29, 1.82) is 0 Å². The lowest BCUT2D eigenvalue weighted by Gasteiger charge is -2.31. The Bertz CT molecular complexity index is 659. The Morgan fingerprint density at radius 1 is 1.26 bits per heavy atom. The second kappa shape index (κ2) is 7.13. The summed E-state index contributed by atoms with van der Waals surface area (Å²) in [4.78, 5) is 19.0. The van der Waals surface area contributed by atoms with Gasteiger partial charge in [0.1, 0.15) is 5.01 Å². The highest BCUT2D eigenvalue weighted by Gasteiger charge is 2.22. The first-order chi connectivity index (χ1) is 11.1. The average molecular weight is 329 g/mol. The number of rotatable bonds is 4. The third-order valence-electron chi connectivity index (χ3n) is 4.58. The molecule has 3 rings (SSSR count). The predicted molar refractivity (Wildman–Crippen MR) is 95.3 cm³/mol. The Labute approximate surface area is 141 Å². The maximum atomic E-state index is 12.5. The molecule has 1 aliphatic carbocycles. The van der Waals surface area contributed by atoms with E-state index < -0.39 is 0 Å². The molecule has 1 aromatic carbocycles. The molecule has 0 atom stereocenters. The number of aromatic nitrogens is 1. The molecule has 1 aliphatic rings. The van der Waals surface area contributed by atoms with Crippen LogP contribution in [0.25, 0.3) is 11.3 Å². The third-order valence-corrected chi connectivity index (χ3v) is 5.43. The summed E-state index contributed by atoms with van der Waals surface area (Å²) in [5.74, 6) is 0.176. The molecule has 0 bridgehead atoms. The fourth-order valence-corrected chi connectivity index (χ4v) is 3.90. The average Bonchev–Trinajstić information content (AvgIpc) is 3.04. The molecule has 2 N–H and O–H groups in total. The van der Waals surface area contributed by atoms with Gasteiger partial charge in [-0.05, 0) is 25.0 Å². The minimum absolute atomic E-state index is 0.176.